The molecule has 0 saturated carbocycles. The number of nitrogens with one attached hydrogen (secondary N) is 1. The number of aliphatic hydroxyl groups is 1. The lowest BCUT2D eigenvalue weighted by molar-refractivity contribution is -0.128. The minimum absolute atomic E-state index is 0.0712. The Labute approximate surface area is 192 Å². The van der Waals surface area contributed by atoms with Crippen molar-refractivity contribution in [1.82, 2.24) is 20.2 Å². The first kappa shape index (κ1) is 23.0. The number of carbonyl (C=O) groups is 1. The van der Waals surface area contributed by atoms with Crippen LogP contribution in [0.1, 0.15) is 36.8 Å². The third kappa shape index (κ3) is 5.80. The van der Waals surface area contributed by atoms with E-state index in [1.54, 1.807) is 6.08 Å². The smallest absolute Gasteiger partial charge is 0.246 e. The number of aryl methyl sites for hydroxylation is 1. The number of likely N-dealkylation sites (tertiary alicyclic amines) is 2. The SMILES string of the molecule is Cc1cccc(/C=C/C(=O)N2CCC(C(O)CN3CCC(C4C=CNN4C)CC3)CC2)c1. The van der Waals surface area contributed by atoms with Crippen LogP contribution in [0.4, 0.5) is 0 Å². The second-order valence-electron chi connectivity index (χ2n) is 9.71. The van der Waals surface area contributed by atoms with Crippen molar-refractivity contribution in [3.63, 3.8) is 0 Å². The van der Waals surface area contributed by atoms with E-state index in [1.807, 2.05) is 29.3 Å². The Bertz CT molecular complexity index is 823. The maximum atomic E-state index is 12.6. The van der Waals surface area contributed by atoms with Gasteiger partial charge in [0.25, 0.3) is 0 Å². The van der Waals surface area contributed by atoms with Crippen LogP contribution in [0.15, 0.2) is 42.6 Å². The Balaban J connectivity index is 1.18. The van der Waals surface area contributed by atoms with E-state index >= 15 is 0 Å². The number of hydrogen-bond donors (Lipinski definition) is 2. The predicted octanol–water partition coefficient (Wildman–Crippen LogP) is 2.65. The molecule has 174 valence electrons. The zero-order valence-electron chi connectivity index (χ0n) is 19.5. The lowest BCUT2D eigenvalue weighted by atomic mass is 9.87. The van der Waals surface area contributed by atoms with Gasteiger partial charge in [0.2, 0.25) is 5.91 Å². The summed E-state index contributed by atoms with van der Waals surface area (Å²) in [7, 11) is 2.11. The van der Waals surface area contributed by atoms with E-state index in [1.165, 1.54) is 18.4 Å². The van der Waals surface area contributed by atoms with Gasteiger partial charge in [0.1, 0.15) is 0 Å². The van der Waals surface area contributed by atoms with Gasteiger partial charge in [0, 0.05) is 39.0 Å². The van der Waals surface area contributed by atoms with Crippen LogP contribution in [0.3, 0.4) is 0 Å². The highest BCUT2D eigenvalue weighted by Crippen LogP contribution is 2.27. The number of hydrogen-bond acceptors (Lipinski definition) is 5. The van der Waals surface area contributed by atoms with E-state index in [4.69, 9.17) is 0 Å². The van der Waals surface area contributed by atoms with Crippen LogP contribution in [0.25, 0.3) is 6.08 Å². The van der Waals surface area contributed by atoms with Gasteiger partial charge in [-0.2, -0.15) is 0 Å². The second-order valence-corrected chi connectivity index (χ2v) is 9.71. The largest absolute Gasteiger partial charge is 0.392 e. The number of rotatable bonds is 6. The number of likely N-dealkylation sites (N-methyl/N-ethyl adjacent to an activating group) is 1. The van der Waals surface area contributed by atoms with Crippen molar-refractivity contribution in [2.45, 2.75) is 44.8 Å². The summed E-state index contributed by atoms with van der Waals surface area (Å²) >= 11 is 0. The molecular weight excluding hydrogens is 400 g/mol. The maximum absolute atomic E-state index is 12.6. The first-order valence-electron chi connectivity index (χ1n) is 12.1. The van der Waals surface area contributed by atoms with Crippen molar-refractivity contribution in [1.29, 1.82) is 0 Å². The molecular formula is C26H38N4O2. The molecule has 0 aliphatic carbocycles. The Morgan fingerprint density at radius 2 is 1.94 bits per heavy atom. The van der Waals surface area contributed by atoms with Crippen molar-refractivity contribution < 1.29 is 9.90 Å². The molecule has 6 nitrogen and oxygen atoms in total. The van der Waals surface area contributed by atoms with Gasteiger partial charge in [-0.25, -0.2) is 5.01 Å². The molecule has 1 aromatic rings. The highest BCUT2D eigenvalue weighted by Gasteiger charge is 2.32. The van der Waals surface area contributed by atoms with Gasteiger partial charge in [-0.1, -0.05) is 29.8 Å². The average Bonchev–Trinajstić information content (AvgIpc) is 3.24. The van der Waals surface area contributed by atoms with E-state index in [9.17, 15) is 9.90 Å². The van der Waals surface area contributed by atoms with Crippen LogP contribution in [0.5, 0.6) is 0 Å². The lowest BCUT2D eigenvalue weighted by Gasteiger charge is -2.39. The molecule has 2 atom stereocenters. The summed E-state index contributed by atoms with van der Waals surface area (Å²) in [6.45, 7) is 6.39. The number of aliphatic hydroxyl groups excluding tert-OH is 1. The summed E-state index contributed by atoms with van der Waals surface area (Å²) in [6, 6.07) is 8.65. The molecule has 2 unspecified atom stereocenters. The minimum Gasteiger partial charge on any atom is -0.392 e. The molecule has 2 fully saturated rings. The van der Waals surface area contributed by atoms with Gasteiger partial charge in [-0.05, 0) is 75.2 Å². The van der Waals surface area contributed by atoms with Gasteiger partial charge < -0.3 is 20.3 Å². The van der Waals surface area contributed by atoms with E-state index in [2.05, 4.69) is 47.5 Å². The Hall–Kier alpha value is -2.15. The molecule has 1 aromatic carbocycles. The molecule has 0 aromatic heterocycles. The van der Waals surface area contributed by atoms with E-state index in [0.717, 1.165) is 51.1 Å². The summed E-state index contributed by atoms with van der Waals surface area (Å²) < 4.78 is 0. The molecule has 0 spiro atoms. The maximum Gasteiger partial charge on any atom is 0.246 e. The van der Waals surface area contributed by atoms with Gasteiger partial charge in [-0.3, -0.25) is 4.79 Å². The number of hydrazine groups is 1. The van der Waals surface area contributed by atoms with E-state index in [0.29, 0.717) is 12.0 Å². The van der Waals surface area contributed by atoms with Crippen LogP contribution < -0.4 is 5.43 Å². The Morgan fingerprint density at radius 3 is 2.59 bits per heavy atom. The molecule has 3 aliphatic rings. The monoisotopic (exact) mass is 438 g/mol. The summed E-state index contributed by atoms with van der Waals surface area (Å²) in [6.07, 6.45) is 11.7. The van der Waals surface area contributed by atoms with Crippen LogP contribution in [-0.4, -0.2) is 77.7 Å². The topological polar surface area (TPSA) is 59.1 Å². The number of piperidine rings is 2. The molecule has 0 radical (unpaired) electrons. The highest BCUT2D eigenvalue weighted by molar-refractivity contribution is 5.91. The Kier molecular flexibility index (Phi) is 7.66. The molecule has 6 heteroatoms. The average molecular weight is 439 g/mol. The normalized spacial score (nSPS) is 24.8. The molecule has 2 N–H and O–H groups in total. The number of benzene rings is 1. The molecule has 0 bridgehead atoms. The number of nitrogens with zero attached hydrogens (tertiary/aromatic N) is 3. The van der Waals surface area contributed by atoms with Crippen molar-refractivity contribution >= 4 is 12.0 Å². The Morgan fingerprint density at radius 1 is 1.19 bits per heavy atom. The van der Waals surface area contributed by atoms with Crippen molar-refractivity contribution in [3.8, 4) is 0 Å². The fourth-order valence-electron chi connectivity index (χ4n) is 5.39. The summed E-state index contributed by atoms with van der Waals surface area (Å²) in [4.78, 5) is 16.9. The van der Waals surface area contributed by atoms with E-state index in [-0.39, 0.29) is 17.9 Å². The molecule has 2 saturated heterocycles. The van der Waals surface area contributed by atoms with Crippen LogP contribution in [0, 0.1) is 18.8 Å². The fourth-order valence-corrected chi connectivity index (χ4v) is 5.39. The quantitative estimate of drug-likeness (QED) is 0.669. The van der Waals surface area contributed by atoms with Gasteiger partial charge in [0.15, 0.2) is 0 Å². The predicted molar refractivity (Wildman–Crippen MR) is 129 cm³/mol. The molecule has 1 amide bonds. The first-order chi connectivity index (χ1) is 15.5. The van der Waals surface area contributed by atoms with Crippen LogP contribution in [-0.2, 0) is 4.79 Å². The van der Waals surface area contributed by atoms with Gasteiger partial charge in [0.05, 0.1) is 12.1 Å². The molecule has 4 rings (SSSR count). The third-order valence-electron chi connectivity index (χ3n) is 7.44. The minimum atomic E-state index is -0.303. The van der Waals surface area contributed by atoms with Crippen LogP contribution >= 0.6 is 0 Å². The molecule has 32 heavy (non-hydrogen) atoms. The summed E-state index contributed by atoms with van der Waals surface area (Å²) in [5, 5.41) is 13.1. The van der Waals surface area contributed by atoms with E-state index < -0.39 is 0 Å². The zero-order valence-corrected chi connectivity index (χ0v) is 19.5. The van der Waals surface area contributed by atoms with Gasteiger partial charge in [-0.15, -0.1) is 0 Å². The van der Waals surface area contributed by atoms with Crippen molar-refractivity contribution in [2.24, 2.45) is 11.8 Å². The van der Waals surface area contributed by atoms with Gasteiger partial charge >= 0.3 is 0 Å². The van der Waals surface area contributed by atoms with Crippen molar-refractivity contribution in [2.75, 3.05) is 39.8 Å². The molecule has 3 heterocycles. The first-order valence-corrected chi connectivity index (χ1v) is 12.1. The van der Waals surface area contributed by atoms with Crippen molar-refractivity contribution in [3.05, 3.63) is 53.7 Å². The van der Waals surface area contributed by atoms with Crippen LogP contribution in [0.2, 0.25) is 0 Å². The lowest BCUT2D eigenvalue weighted by Crippen LogP contribution is -2.47. The molecule has 3 aliphatic heterocycles. The summed E-state index contributed by atoms with van der Waals surface area (Å²) in [5.41, 5.74) is 5.50. The summed E-state index contributed by atoms with van der Waals surface area (Å²) in [5.74, 6) is 1.04. The zero-order chi connectivity index (χ0) is 22.5. The fraction of sp³-hybridized carbons (Fsp3) is 0.577. The third-order valence-corrected chi connectivity index (χ3v) is 7.44. The standard InChI is InChI=1S/C26H38N4O2/c1-20-4-3-5-21(18-20)6-7-26(32)30-16-11-23(12-17-30)25(31)19-29-14-9-22(10-15-29)24-8-13-27-28(24)2/h3-8,13,18,22-25,27,31H,9-12,14-17,19H2,1-2H3/b7-6+. The second kappa shape index (κ2) is 10.6. The number of β-amino-alcohol motifs (C(OH)–C–C–N with tert-alkyl or cyclic N) is 1. The number of amides is 1. The number of carbonyl (C=O) groups excluding carboxylic acids is 1. The highest BCUT2D eigenvalue weighted by atomic mass is 16.3.